The molecule has 0 radical (unpaired) electrons. The number of aliphatic carboxylic acids is 1. The lowest BCUT2D eigenvalue weighted by Crippen LogP contribution is -2.56. The van der Waals surface area contributed by atoms with Crippen LogP contribution in [-0.2, 0) is 9.59 Å². The van der Waals surface area contributed by atoms with Crippen molar-refractivity contribution in [3.63, 3.8) is 0 Å². The number of anilines is 1. The van der Waals surface area contributed by atoms with Gasteiger partial charge in [-0.1, -0.05) is 0 Å². The van der Waals surface area contributed by atoms with E-state index in [-0.39, 0.29) is 12.3 Å². The van der Waals surface area contributed by atoms with E-state index in [0.717, 1.165) is 0 Å². The van der Waals surface area contributed by atoms with E-state index in [9.17, 15) is 14.4 Å². The number of hydrogen-bond acceptors (Lipinski definition) is 4. The van der Waals surface area contributed by atoms with Gasteiger partial charge in [0, 0.05) is 23.1 Å². The van der Waals surface area contributed by atoms with Crippen molar-refractivity contribution in [1.29, 1.82) is 0 Å². The summed E-state index contributed by atoms with van der Waals surface area (Å²) in [7, 11) is 0. The molecule has 2 amide bonds. The number of carbonyl (C=O) groups is 3. The van der Waals surface area contributed by atoms with Gasteiger partial charge in [-0.25, -0.2) is 0 Å². The van der Waals surface area contributed by atoms with Crippen molar-refractivity contribution in [1.82, 2.24) is 5.32 Å². The van der Waals surface area contributed by atoms with Gasteiger partial charge in [0.05, 0.1) is 12.1 Å². The van der Waals surface area contributed by atoms with Gasteiger partial charge in [0.25, 0.3) is 0 Å². The van der Waals surface area contributed by atoms with Crippen LogP contribution >= 0.6 is 15.9 Å². The van der Waals surface area contributed by atoms with Crippen LogP contribution in [0.2, 0.25) is 0 Å². The molecule has 1 saturated heterocycles. The van der Waals surface area contributed by atoms with Crippen molar-refractivity contribution in [3.05, 3.63) is 28.2 Å². The normalized spacial score (nSPS) is 18.2. The first-order valence-corrected chi connectivity index (χ1v) is 7.05. The Morgan fingerprint density at radius 1 is 1.48 bits per heavy atom. The molecule has 1 fully saturated rings. The first-order valence-electron chi connectivity index (χ1n) is 6.25. The standard InChI is InChI=1S/C13H14BrN3O4/c14-8-5-7(12(15)20)1-2-9(8)17-4-3-16-13(21)10(17)6-11(18)19/h1-2,5,10H,3-4,6H2,(H2,15,20)(H,16,21)(H,18,19). The monoisotopic (exact) mass is 355 g/mol. The summed E-state index contributed by atoms with van der Waals surface area (Å²) in [6, 6.07) is 3.97. The van der Waals surface area contributed by atoms with Crippen molar-refractivity contribution in [2.75, 3.05) is 18.0 Å². The third-order valence-corrected chi connectivity index (χ3v) is 3.88. The summed E-state index contributed by atoms with van der Waals surface area (Å²) in [5.74, 6) is -1.93. The van der Waals surface area contributed by atoms with Gasteiger partial charge in [0.1, 0.15) is 6.04 Å². The average molecular weight is 356 g/mol. The van der Waals surface area contributed by atoms with E-state index in [0.29, 0.717) is 28.8 Å². The molecular formula is C13H14BrN3O4. The minimum Gasteiger partial charge on any atom is -0.481 e. The van der Waals surface area contributed by atoms with Crippen molar-refractivity contribution < 1.29 is 19.5 Å². The number of amides is 2. The molecule has 0 bridgehead atoms. The first-order chi connectivity index (χ1) is 9.90. The van der Waals surface area contributed by atoms with Crippen molar-refractivity contribution in [3.8, 4) is 0 Å². The molecule has 0 saturated carbocycles. The van der Waals surface area contributed by atoms with Crippen molar-refractivity contribution in [2.45, 2.75) is 12.5 Å². The summed E-state index contributed by atoms with van der Waals surface area (Å²) in [5, 5.41) is 11.6. The Bertz CT molecular complexity index is 605. The van der Waals surface area contributed by atoms with Gasteiger partial charge >= 0.3 is 5.97 Å². The third-order valence-electron chi connectivity index (χ3n) is 3.24. The van der Waals surface area contributed by atoms with Gasteiger partial charge in [0.2, 0.25) is 11.8 Å². The lowest BCUT2D eigenvalue weighted by Gasteiger charge is -2.36. The zero-order chi connectivity index (χ0) is 15.6. The van der Waals surface area contributed by atoms with Crippen LogP contribution in [0.1, 0.15) is 16.8 Å². The number of primary amides is 1. The summed E-state index contributed by atoms with van der Waals surface area (Å²) in [5.41, 5.74) is 6.20. The van der Waals surface area contributed by atoms with Gasteiger partial charge < -0.3 is 21.1 Å². The van der Waals surface area contributed by atoms with Gasteiger partial charge in [-0.05, 0) is 34.1 Å². The molecular weight excluding hydrogens is 342 g/mol. The summed E-state index contributed by atoms with van der Waals surface area (Å²) < 4.78 is 0.587. The van der Waals surface area contributed by atoms with Gasteiger partial charge in [-0.2, -0.15) is 0 Å². The van der Waals surface area contributed by atoms with Crippen LogP contribution in [0.3, 0.4) is 0 Å². The molecule has 1 unspecified atom stereocenters. The maximum Gasteiger partial charge on any atom is 0.305 e. The highest BCUT2D eigenvalue weighted by Gasteiger charge is 2.32. The fraction of sp³-hybridized carbons (Fsp3) is 0.308. The molecule has 1 aliphatic rings. The maximum atomic E-state index is 11.9. The Balaban J connectivity index is 2.35. The van der Waals surface area contributed by atoms with Gasteiger partial charge in [-0.3, -0.25) is 14.4 Å². The Morgan fingerprint density at radius 3 is 2.76 bits per heavy atom. The van der Waals surface area contributed by atoms with E-state index in [1.165, 1.54) is 0 Å². The fourth-order valence-electron chi connectivity index (χ4n) is 2.26. The van der Waals surface area contributed by atoms with E-state index >= 15 is 0 Å². The van der Waals surface area contributed by atoms with Gasteiger partial charge in [-0.15, -0.1) is 0 Å². The molecule has 4 N–H and O–H groups in total. The van der Waals surface area contributed by atoms with Gasteiger partial charge in [0.15, 0.2) is 0 Å². The van der Waals surface area contributed by atoms with Crippen LogP contribution in [0.25, 0.3) is 0 Å². The summed E-state index contributed by atoms with van der Waals surface area (Å²) >= 11 is 3.34. The van der Waals surface area contributed by atoms with Crippen LogP contribution in [-0.4, -0.2) is 42.0 Å². The highest BCUT2D eigenvalue weighted by Crippen LogP contribution is 2.30. The molecule has 112 valence electrons. The number of nitrogens with zero attached hydrogens (tertiary/aromatic N) is 1. The predicted molar refractivity (Wildman–Crippen MR) is 79.1 cm³/mol. The largest absolute Gasteiger partial charge is 0.481 e. The number of rotatable bonds is 4. The second-order valence-electron chi connectivity index (χ2n) is 4.63. The molecule has 1 heterocycles. The fourth-order valence-corrected chi connectivity index (χ4v) is 2.87. The molecule has 2 rings (SSSR count). The summed E-state index contributed by atoms with van der Waals surface area (Å²) in [6.07, 6.45) is -0.296. The topological polar surface area (TPSA) is 113 Å². The molecule has 1 aromatic carbocycles. The van der Waals surface area contributed by atoms with E-state index in [4.69, 9.17) is 10.8 Å². The predicted octanol–water partition coefficient (Wildman–Crippen LogP) is 0.327. The quantitative estimate of drug-likeness (QED) is 0.720. The van der Waals surface area contributed by atoms with Crippen LogP contribution in [0.15, 0.2) is 22.7 Å². The van der Waals surface area contributed by atoms with Crippen molar-refractivity contribution in [2.24, 2.45) is 5.73 Å². The number of halogens is 1. The lowest BCUT2D eigenvalue weighted by molar-refractivity contribution is -0.139. The summed E-state index contributed by atoms with van der Waals surface area (Å²) in [4.78, 5) is 35.7. The molecule has 21 heavy (non-hydrogen) atoms. The first kappa shape index (κ1) is 15.3. The number of hydrogen-bond donors (Lipinski definition) is 3. The smallest absolute Gasteiger partial charge is 0.305 e. The number of carbonyl (C=O) groups excluding carboxylic acids is 2. The maximum absolute atomic E-state index is 11.9. The number of carboxylic acids is 1. The van der Waals surface area contributed by atoms with E-state index in [2.05, 4.69) is 21.2 Å². The highest BCUT2D eigenvalue weighted by molar-refractivity contribution is 9.10. The molecule has 7 nitrogen and oxygen atoms in total. The van der Waals surface area contributed by atoms with Crippen LogP contribution in [0, 0.1) is 0 Å². The number of piperazine rings is 1. The van der Waals surface area contributed by atoms with Crippen LogP contribution in [0.5, 0.6) is 0 Å². The molecule has 1 aromatic rings. The molecule has 1 aliphatic heterocycles. The van der Waals surface area contributed by atoms with Crippen LogP contribution < -0.4 is 16.0 Å². The van der Waals surface area contributed by atoms with E-state index < -0.39 is 17.9 Å². The lowest BCUT2D eigenvalue weighted by atomic mass is 10.1. The SMILES string of the molecule is NC(=O)c1ccc(N2CCNC(=O)C2CC(=O)O)c(Br)c1. The van der Waals surface area contributed by atoms with Crippen molar-refractivity contribution >= 4 is 39.4 Å². The third kappa shape index (κ3) is 3.33. The number of nitrogens with two attached hydrogens (primary N) is 1. The second kappa shape index (κ2) is 6.13. The zero-order valence-electron chi connectivity index (χ0n) is 11.0. The molecule has 8 heteroatoms. The molecule has 0 aromatic heterocycles. The number of benzene rings is 1. The average Bonchev–Trinajstić information content (AvgIpc) is 2.41. The number of nitrogens with one attached hydrogen (secondary N) is 1. The minimum absolute atomic E-state index is 0.296. The zero-order valence-corrected chi connectivity index (χ0v) is 12.6. The molecule has 0 spiro atoms. The Hall–Kier alpha value is -2.09. The Kier molecular flexibility index (Phi) is 4.46. The second-order valence-corrected chi connectivity index (χ2v) is 5.48. The minimum atomic E-state index is -1.05. The highest BCUT2D eigenvalue weighted by atomic mass is 79.9. The Labute approximate surface area is 129 Å². The molecule has 0 aliphatic carbocycles. The van der Waals surface area contributed by atoms with E-state index in [1.54, 1.807) is 23.1 Å². The van der Waals surface area contributed by atoms with E-state index in [1.807, 2.05) is 0 Å². The Morgan fingerprint density at radius 2 is 2.19 bits per heavy atom. The molecule has 1 atom stereocenters. The summed E-state index contributed by atoms with van der Waals surface area (Å²) in [6.45, 7) is 0.914. The van der Waals surface area contributed by atoms with Crippen LogP contribution in [0.4, 0.5) is 5.69 Å². The number of carboxylic acid groups (broad SMARTS) is 1.